The van der Waals surface area contributed by atoms with Crippen molar-refractivity contribution >= 4 is 34.5 Å². The summed E-state index contributed by atoms with van der Waals surface area (Å²) in [6.45, 7) is 1.86. The SMILES string of the molecule is CC(=S)/C=C1\Sc2cc(O)c(O)cc2N1C.c1ccoc1. The summed E-state index contributed by atoms with van der Waals surface area (Å²) in [6, 6.07) is 6.78. The molecule has 0 fully saturated rings. The highest BCUT2D eigenvalue weighted by molar-refractivity contribution is 8.03. The number of phenolic OH excluding ortho intramolecular Hbond substituents is 2. The molecule has 0 radical (unpaired) electrons. The van der Waals surface area contributed by atoms with Crippen LogP contribution in [0.25, 0.3) is 0 Å². The molecule has 2 aromatic rings. The maximum Gasteiger partial charge on any atom is 0.159 e. The first-order valence-corrected chi connectivity index (χ1v) is 7.38. The van der Waals surface area contributed by atoms with Crippen molar-refractivity contribution in [2.45, 2.75) is 11.8 Å². The molecule has 3 rings (SSSR count). The molecule has 110 valence electrons. The molecule has 0 bridgehead atoms. The van der Waals surface area contributed by atoms with Gasteiger partial charge in [0.1, 0.15) is 0 Å². The van der Waals surface area contributed by atoms with Crippen LogP contribution in [0.15, 0.2) is 57.2 Å². The van der Waals surface area contributed by atoms with Crippen LogP contribution in [0.4, 0.5) is 5.69 Å². The number of rotatable bonds is 1. The number of thiocarbonyl (C=S) groups is 1. The summed E-state index contributed by atoms with van der Waals surface area (Å²) < 4.78 is 4.58. The lowest BCUT2D eigenvalue weighted by molar-refractivity contribution is 0.403. The van der Waals surface area contributed by atoms with Crippen molar-refractivity contribution in [1.29, 1.82) is 0 Å². The maximum absolute atomic E-state index is 9.44. The zero-order valence-electron chi connectivity index (χ0n) is 11.6. The molecule has 0 saturated heterocycles. The highest BCUT2D eigenvalue weighted by Crippen LogP contribution is 2.48. The normalized spacial score (nSPS) is 14.6. The molecule has 0 spiro atoms. The van der Waals surface area contributed by atoms with Crippen LogP contribution in [0, 0.1) is 0 Å². The first kappa shape index (κ1) is 15.5. The maximum atomic E-state index is 9.44. The molecule has 0 atom stereocenters. The van der Waals surface area contributed by atoms with E-state index < -0.39 is 0 Å². The Hall–Kier alpha value is -1.92. The Kier molecular flexibility index (Phi) is 4.93. The van der Waals surface area contributed by atoms with Crippen LogP contribution in [0.2, 0.25) is 0 Å². The average molecular weight is 321 g/mol. The van der Waals surface area contributed by atoms with Crippen molar-refractivity contribution in [2.24, 2.45) is 0 Å². The Labute approximate surface area is 132 Å². The minimum absolute atomic E-state index is 0.0972. The summed E-state index contributed by atoms with van der Waals surface area (Å²) >= 11 is 6.56. The minimum atomic E-state index is -0.105. The molecule has 2 N–H and O–H groups in total. The number of aromatic hydroxyl groups is 2. The van der Waals surface area contributed by atoms with E-state index >= 15 is 0 Å². The lowest BCUT2D eigenvalue weighted by atomic mass is 10.2. The molecule has 0 unspecified atom stereocenters. The molecule has 1 aromatic heterocycles. The van der Waals surface area contributed by atoms with E-state index in [1.165, 1.54) is 11.8 Å². The van der Waals surface area contributed by atoms with Gasteiger partial charge >= 0.3 is 0 Å². The molecular formula is C15H15NO3S2. The minimum Gasteiger partial charge on any atom is -0.504 e. The van der Waals surface area contributed by atoms with Crippen LogP contribution in [0.3, 0.4) is 0 Å². The van der Waals surface area contributed by atoms with Gasteiger partial charge in [-0.1, -0.05) is 24.0 Å². The highest BCUT2D eigenvalue weighted by atomic mass is 32.2. The van der Waals surface area contributed by atoms with Gasteiger partial charge in [-0.25, -0.2) is 0 Å². The van der Waals surface area contributed by atoms with Crippen LogP contribution in [-0.2, 0) is 0 Å². The second-order valence-electron chi connectivity index (χ2n) is 4.36. The van der Waals surface area contributed by atoms with Crippen molar-refractivity contribution < 1.29 is 14.6 Å². The lowest BCUT2D eigenvalue weighted by Crippen LogP contribution is -2.10. The summed E-state index contributed by atoms with van der Waals surface area (Å²) in [6.07, 6.45) is 5.15. The number of allylic oxidation sites excluding steroid dienone is 1. The zero-order valence-corrected chi connectivity index (χ0v) is 13.2. The Balaban J connectivity index is 0.000000272. The number of phenols is 2. The highest BCUT2D eigenvalue weighted by Gasteiger charge is 2.23. The molecule has 1 aromatic carbocycles. The molecule has 0 aliphatic carbocycles. The third-order valence-electron chi connectivity index (χ3n) is 2.71. The van der Waals surface area contributed by atoms with Gasteiger partial charge in [-0.15, -0.1) is 0 Å². The van der Waals surface area contributed by atoms with E-state index in [9.17, 15) is 10.2 Å². The monoisotopic (exact) mass is 321 g/mol. The summed E-state index contributed by atoms with van der Waals surface area (Å²) in [5.41, 5.74) is 0.878. The largest absolute Gasteiger partial charge is 0.504 e. The van der Waals surface area contributed by atoms with Gasteiger partial charge in [0.15, 0.2) is 11.5 Å². The average Bonchev–Trinajstić information content (AvgIpc) is 3.06. The van der Waals surface area contributed by atoms with Crippen LogP contribution < -0.4 is 4.90 Å². The number of nitrogens with zero attached hydrogens (tertiary/aromatic N) is 1. The van der Waals surface area contributed by atoms with Crippen molar-refractivity contribution in [1.82, 2.24) is 0 Å². The first-order valence-electron chi connectivity index (χ1n) is 6.16. The van der Waals surface area contributed by atoms with E-state index in [0.717, 1.165) is 20.5 Å². The molecule has 0 saturated carbocycles. The molecule has 1 aliphatic rings. The van der Waals surface area contributed by atoms with Gasteiger partial charge < -0.3 is 19.5 Å². The van der Waals surface area contributed by atoms with Crippen molar-refractivity contribution in [2.75, 3.05) is 11.9 Å². The fourth-order valence-corrected chi connectivity index (χ4v) is 3.07. The topological polar surface area (TPSA) is 56.8 Å². The first-order chi connectivity index (χ1) is 9.99. The Morgan fingerprint density at radius 3 is 2.38 bits per heavy atom. The predicted octanol–water partition coefficient (Wildman–Crippen LogP) is 4.15. The number of hydrogen-bond donors (Lipinski definition) is 2. The third kappa shape index (κ3) is 3.80. The Morgan fingerprint density at radius 1 is 1.24 bits per heavy atom. The number of hydrogen-bond acceptors (Lipinski definition) is 6. The number of furan rings is 1. The Morgan fingerprint density at radius 2 is 1.86 bits per heavy atom. The molecule has 0 amide bonds. The van der Waals surface area contributed by atoms with Crippen LogP contribution in [0.1, 0.15) is 6.92 Å². The standard InChI is InChI=1S/C11H11NO2S2.C4H4O/c1-6(15)3-11-12(2)7-4-8(13)9(14)5-10(7)16-11;1-2-4-5-3-1/h3-5,13-14H,1-2H3;1-4H/b11-3-;. The molecule has 21 heavy (non-hydrogen) atoms. The smallest absolute Gasteiger partial charge is 0.159 e. The number of thioether (sulfide) groups is 1. The van der Waals surface area contributed by atoms with Gasteiger partial charge in [0.25, 0.3) is 0 Å². The summed E-state index contributed by atoms with van der Waals surface area (Å²) in [5, 5.41) is 19.8. The number of benzene rings is 1. The van der Waals surface area contributed by atoms with E-state index in [0.29, 0.717) is 0 Å². The van der Waals surface area contributed by atoms with Gasteiger partial charge in [0.2, 0.25) is 0 Å². The van der Waals surface area contributed by atoms with E-state index in [4.69, 9.17) is 12.2 Å². The van der Waals surface area contributed by atoms with E-state index in [1.54, 1.807) is 24.7 Å². The predicted molar refractivity (Wildman–Crippen MR) is 89.1 cm³/mol. The molecular weight excluding hydrogens is 306 g/mol. The van der Waals surface area contributed by atoms with Crippen molar-refractivity contribution in [3.8, 4) is 11.5 Å². The summed E-state index contributed by atoms with van der Waals surface area (Å²) in [4.78, 5) is 3.66. The van der Waals surface area contributed by atoms with E-state index in [1.807, 2.05) is 37.1 Å². The zero-order chi connectivity index (χ0) is 15.4. The van der Waals surface area contributed by atoms with Gasteiger partial charge in [0.05, 0.1) is 23.2 Å². The molecule has 2 heterocycles. The van der Waals surface area contributed by atoms with Gasteiger partial charge in [-0.05, 0) is 31.2 Å². The van der Waals surface area contributed by atoms with E-state index in [-0.39, 0.29) is 11.5 Å². The van der Waals surface area contributed by atoms with Gasteiger partial charge in [0, 0.05) is 22.9 Å². The van der Waals surface area contributed by atoms with Crippen molar-refractivity contribution in [3.63, 3.8) is 0 Å². The second-order valence-corrected chi connectivity index (χ2v) is 6.06. The second kappa shape index (κ2) is 6.69. The lowest BCUT2D eigenvalue weighted by Gasteiger charge is -2.13. The molecule has 1 aliphatic heterocycles. The van der Waals surface area contributed by atoms with Gasteiger partial charge in [-0.3, -0.25) is 0 Å². The quantitative estimate of drug-likeness (QED) is 0.467. The van der Waals surface area contributed by atoms with Crippen molar-refractivity contribution in [3.05, 3.63) is 47.9 Å². The molecule has 6 heteroatoms. The fourth-order valence-electron chi connectivity index (χ4n) is 1.72. The summed E-state index contributed by atoms with van der Waals surface area (Å²) in [7, 11) is 1.90. The van der Waals surface area contributed by atoms with Crippen LogP contribution >= 0.6 is 24.0 Å². The third-order valence-corrected chi connectivity index (χ3v) is 3.98. The van der Waals surface area contributed by atoms with Gasteiger partial charge in [-0.2, -0.15) is 0 Å². The van der Waals surface area contributed by atoms with Crippen LogP contribution in [0.5, 0.6) is 11.5 Å². The molecule has 4 nitrogen and oxygen atoms in total. The fraction of sp³-hybridized carbons (Fsp3) is 0.133. The number of anilines is 1. The van der Waals surface area contributed by atoms with E-state index in [2.05, 4.69) is 4.42 Å². The van der Waals surface area contributed by atoms with Crippen LogP contribution in [-0.4, -0.2) is 22.1 Å². The summed E-state index contributed by atoms with van der Waals surface area (Å²) in [5.74, 6) is -0.202. The number of fused-ring (bicyclic) bond motifs is 1. The Bertz CT molecular complexity index is 649.